The zero-order chi connectivity index (χ0) is 12.5. The van der Waals surface area contributed by atoms with Crippen LogP contribution in [0.4, 0.5) is 5.69 Å². The van der Waals surface area contributed by atoms with Crippen molar-refractivity contribution in [3.05, 3.63) is 24.0 Å². The van der Waals surface area contributed by atoms with E-state index >= 15 is 0 Å². The number of halogens is 3. The molecule has 2 N–H and O–H groups in total. The van der Waals surface area contributed by atoms with Crippen molar-refractivity contribution in [2.75, 3.05) is 18.8 Å². The van der Waals surface area contributed by atoms with Crippen molar-refractivity contribution in [2.45, 2.75) is 25.8 Å². The first kappa shape index (κ1) is 20.3. The molecule has 21 heavy (non-hydrogen) atoms. The average molecular weight is 354 g/mol. The summed E-state index contributed by atoms with van der Waals surface area (Å²) in [5, 5.41) is 0. The Morgan fingerprint density at radius 2 is 1.76 bits per heavy atom. The molecule has 0 aliphatic carbocycles. The van der Waals surface area contributed by atoms with Gasteiger partial charge in [0.15, 0.2) is 0 Å². The molecule has 0 bridgehead atoms. The molecule has 1 aromatic heterocycles. The lowest BCUT2D eigenvalue weighted by Gasteiger charge is -2.25. The molecule has 1 saturated heterocycles. The number of hydrogen-bond donors (Lipinski definition) is 1. The zero-order valence-corrected chi connectivity index (χ0v) is 14.6. The van der Waals surface area contributed by atoms with E-state index in [-0.39, 0.29) is 37.2 Å². The molecule has 1 aromatic carbocycles. The van der Waals surface area contributed by atoms with Gasteiger partial charge in [0.05, 0.1) is 17.6 Å². The third-order valence-corrected chi connectivity index (χ3v) is 3.81. The van der Waals surface area contributed by atoms with Crippen molar-refractivity contribution in [1.82, 2.24) is 14.5 Å². The Kier molecular flexibility index (Phi) is 8.41. The van der Waals surface area contributed by atoms with Gasteiger partial charge >= 0.3 is 0 Å². The second-order valence-electron chi connectivity index (χ2n) is 5.17. The Balaban J connectivity index is 0.00000133. The van der Waals surface area contributed by atoms with Gasteiger partial charge in [0.25, 0.3) is 0 Å². The number of nitrogen functional groups attached to an aromatic ring is 1. The molecule has 4 nitrogen and oxygen atoms in total. The van der Waals surface area contributed by atoms with Gasteiger partial charge in [-0.05, 0) is 44.1 Å². The molecule has 0 atom stereocenters. The fraction of sp³-hybridized carbons (Fsp3) is 0.500. The molecular weight excluding hydrogens is 331 g/mol. The van der Waals surface area contributed by atoms with E-state index in [0.717, 1.165) is 29.1 Å². The van der Waals surface area contributed by atoms with E-state index in [2.05, 4.69) is 22.6 Å². The van der Waals surface area contributed by atoms with E-state index in [1.54, 1.807) is 0 Å². The van der Waals surface area contributed by atoms with Crippen molar-refractivity contribution in [2.24, 2.45) is 7.05 Å². The molecule has 3 rings (SSSR count). The third kappa shape index (κ3) is 4.39. The quantitative estimate of drug-likeness (QED) is 0.842. The van der Waals surface area contributed by atoms with E-state index in [1.165, 1.54) is 32.4 Å². The number of nitrogens with zero attached hydrogens (tertiary/aromatic N) is 3. The molecule has 1 aliphatic rings. The molecular formula is C14H23Cl3N4. The van der Waals surface area contributed by atoms with E-state index in [1.807, 2.05) is 12.1 Å². The van der Waals surface area contributed by atoms with Crippen molar-refractivity contribution in [3.8, 4) is 0 Å². The van der Waals surface area contributed by atoms with Gasteiger partial charge in [-0.25, -0.2) is 4.98 Å². The number of piperidine rings is 1. The molecule has 2 aromatic rings. The molecule has 2 heterocycles. The van der Waals surface area contributed by atoms with Gasteiger partial charge in [0.1, 0.15) is 5.82 Å². The monoisotopic (exact) mass is 352 g/mol. The predicted octanol–water partition coefficient (Wildman–Crippen LogP) is 3.41. The van der Waals surface area contributed by atoms with Crippen molar-refractivity contribution in [3.63, 3.8) is 0 Å². The van der Waals surface area contributed by atoms with Crippen LogP contribution in [0, 0.1) is 0 Å². The van der Waals surface area contributed by atoms with Crippen LogP contribution < -0.4 is 5.73 Å². The topological polar surface area (TPSA) is 47.1 Å². The number of anilines is 1. The molecule has 120 valence electrons. The first-order valence-corrected chi connectivity index (χ1v) is 6.67. The number of aryl methyl sites for hydroxylation is 1. The average Bonchev–Trinajstić information content (AvgIpc) is 2.67. The van der Waals surface area contributed by atoms with Gasteiger partial charge in [-0.1, -0.05) is 6.42 Å². The molecule has 0 amide bonds. The Bertz CT molecular complexity index is 565. The van der Waals surface area contributed by atoms with Crippen LogP contribution in [-0.2, 0) is 13.6 Å². The second-order valence-corrected chi connectivity index (χ2v) is 5.17. The van der Waals surface area contributed by atoms with Crippen LogP contribution in [0.3, 0.4) is 0 Å². The lowest BCUT2D eigenvalue weighted by Crippen LogP contribution is -2.30. The molecule has 0 unspecified atom stereocenters. The minimum atomic E-state index is 0. The van der Waals surface area contributed by atoms with E-state index in [9.17, 15) is 0 Å². The van der Waals surface area contributed by atoms with Crippen LogP contribution in [0.1, 0.15) is 25.1 Å². The van der Waals surface area contributed by atoms with Crippen molar-refractivity contribution < 1.29 is 0 Å². The minimum absolute atomic E-state index is 0. The lowest BCUT2D eigenvalue weighted by molar-refractivity contribution is 0.214. The van der Waals surface area contributed by atoms with Gasteiger partial charge in [-0.3, -0.25) is 4.90 Å². The van der Waals surface area contributed by atoms with Crippen LogP contribution in [0.15, 0.2) is 18.2 Å². The molecule has 0 radical (unpaired) electrons. The summed E-state index contributed by atoms with van der Waals surface area (Å²) < 4.78 is 2.18. The zero-order valence-electron chi connectivity index (χ0n) is 12.1. The van der Waals surface area contributed by atoms with Gasteiger partial charge in [-0.2, -0.15) is 0 Å². The summed E-state index contributed by atoms with van der Waals surface area (Å²) >= 11 is 0. The molecule has 7 heteroatoms. The number of imidazole rings is 1. The number of hydrogen-bond acceptors (Lipinski definition) is 3. The number of aromatic nitrogens is 2. The summed E-state index contributed by atoms with van der Waals surface area (Å²) in [5.41, 5.74) is 8.76. The molecule has 1 aliphatic heterocycles. The number of benzene rings is 1. The Morgan fingerprint density at radius 3 is 2.43 bits per heavy atom. The van der Waals surface area contributed by atoms with Gasteiger partial charge in [-0.15, -0.1) is 37.2 Å². The Hall–Kier alpha value is -0.680. The summed E-state index contributed by atoms with van der Waals surface area (Å²) in [6.45, 7) is 3.35. The van der Waals surface area contributed by atoms with Crippen LogP contribution in [0.5, 0.6) is 0 Å². The van der Waals surface area contributed by atoms with Gasteiger partial charge in [0.2, 0.25) is 0 Å². The predicted molar refractivity (Wildman–Crippen MR) is 96.0 cm³/mol. The summed E-state index contributed by atoms with van der Waals surface area (Å²) in [6, 6.07) is 5.95. The number of likely N-dealkylation sites (tertiary alicyclic amines) is 1. The van der Waals surface area contributed by atoms with Crippen LogP contribution in [0.2, 0.25) is 0 Å². The highest BCUT2D eigenvalue weighted by Crippen LogP contribution is 2.20. The summed E-state index contributed by atoms with van der Waals surface area (Å²) in [5.74, 6) is 1.14. The largest absolute Gasteiger partial charge is 0.399 e. The van der Waals surface area contributed by atoms with Gasteiger partial charge < -0.3 is 10.3 Å². The van der Waals surface area contributed by atoms with E-state index < -0.39 is 0 Å². The summed E-state index contributed by atoms with van der Waals surface area (Å²) in [4.78, 5) is 7.20. The first-order chi connectivity index (χ1) is 8.74. The fourth-order valence-electron chi connectivity index (χ4n) is 2.73. The molecule has 1 fully saturated rings. The highest BCUT2D eigenvalue weighted by atomic mass is 35.5. The molecule has 0 saturated carbocycles. The van der Waals surface area contributed by atoms with E-state index in [4.69, 9.17) is 10.7 Å². The number of fused-ring (bicyclic) bond motifs is 1. The van der Waals surface area contributed by atoms with Crippen LogP contribution in [-0.4, -0.2) is 27.5 Å². The van der Waals surface area contributed by atoms with Crippen molar-refractivity contribution in [1.29, 1.82) is 0 Å². The minimum Gasteiger partial charge on any atom is -0.399 e. The summed E-state index contributed by atoms with van der Waals surface area (Å²) in [7, 11) is 2.09. The maximum atomic E-state index is 5.81. The second kappa shape index (κ2) is 8.69. The highest BCUT2D eigenvalue weighted by molar-refractivity contribution is 5.86. The third-order valence-electron chi connectivity index (χ3n) is 3.81. The lowest BCUT2D eigenvalue weighted by atomic mass is 10.1. The standard InChI is InChI=1S/C14H20N4.3ClH/c1-17-13-6-5-11(15)9-12(13)16-14(17)10-18-7-3-2-4-8-18;;;/h5-6,9H,2-4,7-8,10,15H2,1H3;3*1H. The van der Waals surface area contributed by atoms with E-state index in [0.29, 0.717) is 0 Å². The van der Waals surface area contributed by atoms with Crippen LogP contribution >= 0.6 is 37.2 Å². The smallest absolute Gasteiger partial charge is 0.123 e. The fourth-order valence-corrected chi connectivity index (χ4v) is 2.73. The maximum Gasteiger partial charge on any atom is 0.123 e. The van der Waals surface area contributed by atoms with Crippen molar-refractivity contribution >= 4 is 53.9 Å². The van der Waals surface area contributed by atoms with Gasteiger partial charge in [0, 0.05) is 12.7 Å². The first-order valence-electron chi connectivity index (χ1n) is 6.67. The number of nitrogens with two attached hydrogens (primary N) is 1. The highest BCUT2D eigenvalue weighted by Gasteiger charge is 2.14. The Labute approximate surface area is 144 Å². The normalized spacial score (nSPS) is 14.9. The molecule has 0 spiro atoms. The van der Waals surface area contributed by atoms with Crippen LogP contribution in [0.25, 0.3) is 11.0 Å². The SMILES string of the molecule is Cl.Cl.Cl.Cn1c(CN2CCCCC2)nc2cc(N)ccc21. The number of rotatable bonds is 2. The Morgan fingerprint density at radius 1 is 1.10 bits per heavy atom. The summed E-state index contributed by atoms with van der Waals surface area (Å²) in [6.07, 6.45) is 4.00. The maximum absolute atomic E-state index is 5.81.